The summed E-state index contributed by atoms with van der Waals surface area (Å²) in [6, 6.07) is 6.74. The van der Waals surface area contributed by atoms with Crippen molar-refractivity contribution in [2.24, 2.45) is 11.7 Å². The van der Waals surface area contributed by atoms with Gasteiger partial charge in [-0.05, 0) is 30.5 Å². The van der Waals surface area contributed by atoms with E-state index in [0.717, 1.165) is 18.4 Å². The Morgan fingerprint density at radius 3 is 2.75 bits per heavy atom. The van der Waals surface area contributed by atoms with Crippen molar-refractivity contribution >= 4 is 11.9 Å². The number of hydrogen-bond acceptors (Lipinski definition) is 3. The van der Waals surface area contributed by atoms with Crippen LogP contribution in [0.15, 0.2) is 24.3 Å². The fraction of sp³-hybridized carbons (Fsp3) is 0.467. The molecule has 0 fully saturated rings. The molecule has 0 spiro atoms. The fourth-order valence-electron chi connectivity index (χ4n) is 2.04. The Labute approximate surface area is 119 Å². The summed E-state index contributed by atoms with van der Waals surface area (Å²) in [5, 5.41) is 11.8. The van der Waals surface area contributed by atoms with Crippen molar-refractivity contribution in [1.82, 2.24) is 5.32 Å². The summed E-state index contributed by atoms with van der Waals surface area (Å²) in [4.78, 5) is 22.7. The molecule has 20 heavy (non-hydrogen) atoms. The summed E-state index contributed by atoms with van der Waals surface area (Å²) in [5.74, 6) is -1.10. The first-order valence-electron chi connectivity index (χ1n) is 6.88. The average Bonchev–Trinajstić information content (AvgIpc) is 2.44. The van der Waals surface area contributed by atoms with Gasteiger partial charge in [0.2, 0.25) is 5.91 Å². The second-order valence-corrected chi connectivity index (χ2v) is 4.77. The third-order valence-corrected chi connectivity index (χ3v) is 3.18. The highest BCUT2D eigenvalue weighted by Gasteiger charge is 2.14. The Balaban J connectivity index is 2.46. The second kappa shape index (κ2) is 8.32. The molecule has 0 radical (unpaired) electrons. The molecule has 110 valence electrons. The van der Waals surface area contributed by atoms with Crippen molar-refractivity contribution in [2.75, 3.05) is 13.1 Å². The summed E-state index contributed by atoms with van der Waals surface area (Å²) < 4.78 is 0. The highest BCUT2D eigenvalue weighted by Crippen LogP contribution is 2.07. The topological polar surface area (TPSA) is 92.4 Å². The highest BCUT2D eigenvalue weighted by atomic mass is 16.4. The van der Waals surface area contributed by atoms with Crippen molar-refractivity contribution < 1.29 is 14.7 Å². The molecule has 1 aromatic rings. The van der Waals surface area contributed by atoms with Crippen LogP contribution in [0.5, 0.6) is 0 Å². The lowest BCUT2D eigenvalue weighted by Crippen LogP contribution is -2.36. The number of carboxylic acid groups (broad SMARTS) is 1. The van der Waals surface area contributed by atoms with Gasteiger partial charge in [0.25, 0.3) is 0 Å². The maximum absolute atomic E-state index is 11.8. The van der Waals surface area contributed by atoms with E-state index in [1.165, 1.54) is 0 Å². The second-order valence-electron chi connectivity index (χ2n) is 4.77. The van der Waals surface area contributed by atoms with Crippen LogP contribution in [-0.2, 0) is 11.2 Å². The van der Waals surface area contributed by atoms with Crippen molar-refractivity contribution in [3.8, 4) is 0 Å². The van der Waals surface area contributed by atoms with E-state index in [9.17, 15) is 9.59 Å². The molecule has 4 N–H and O–H groups in total. The Morgan fingerprint density at radius 1 is 1.40 bits per heavy atom. The molecule has 0 bridgehead atoms. The molecule has 5 nitrogen and oxygen atoms in total. The lowest BCUT2D eigenvalue weighted by atomic mass is 10.0. The molecule has 0 heterocycles. The van der Waals surface area contributed by atoms with E-state index in [4.69, 9.17) is 10.8 Å². The van der Waals surface area contributed by atoms with E-state index >= 15 is 0 Å². The van der Waals surface area contributed by atoms with Crippen molar-refractivity contribution in [3.63, 3.8) is 0 Å². The predicted molar refractivity (Wildman–Crippen MR) is 77.6 cm³/mol. The fourth-order valence-corrected chi connectivity index (χ4v) is 2.04. The van der Waals surface area contributed by atoms with Crippen molar-refractivity contribution in [3.05, 3.63) is 35.4 Å². The minimum atomic E-state index is -0.943. The molecule has 0 aromatic heterocycles. The number of nitrogens with two attached hydrogens (primary N) is 1. The monoisotopic (exact) mass is 278 g/mol. The van der Waals surface area contributed by atoms with E-state index in [1.54, 1.807) is 18.2 Å². The molecule has 0 aliphatic rings. The van der Waals surface area contributed by atoms with Gasteiger partial charge in [0.15, 0.2) is 0 Å². The van der Waals surface area contributed by atoms with E-state index in [1.807, 2.05) is 13.0 Å². The number of rotatable bonds is 8. The Morgan fingerprint density at radius 2 is 2.15 bits per heavy atom. The molecule has 0 aliphatic carbocycles. The summed E-state index contributed by atoms with van der Waals surface area (Å²) in [7, 11) is 0. The zero-order chi connectivity index (χ0) is 15.0. The largest absolute Gasteiger partial charge is 0.478 e. The van der Waals surface area contributed by atoms with Gasteiger partial charge >= 0.3 is 5.97 Å². The molecule has 1 aromatic carbocycles. The SMILES string of the molecule is CCCC(CN)C(=O)NCCc1cccc(C(=O)O)c1. The minimum Gasteiger partial charge on any atom is -0.478 e. The Hall–Kier alpha value is -1.88. The zero-order valence-corrected chi connectivity index (χ0v) is 11.8. The van der Waals surface area contributed by atoms with Gasteiger partial charge in [0.1, 0.15) is 0 Å². The number of carbonyl (C=O) groups excluding carboxylic acids is 1. The molecule has 1 rings (SSSR count). The van der Waals surface area contributed by atoms with Gasteiger partial charge in [0, 0.05) is 13.1 Å². The quantitative estimate of drug-likeness (QED) is 0.670. The maximum Gasteiger partial charge on any atom is 0.335 e. The van der Waals surface area contributed by atoms with E-state index in [2.05, 4.69) is 5.32 Å². The van der Waals surface area contributed by atoms with Crippen LogP contribution in [0.1, 0.15) is 35.7 Å². The molecular weight excluding hydrogens is 256 g/mol. The zero-order valence-electron chi connectivity index (χ0n) is 11.8. The Kier molecular flexibility index (Phi) is 6.73. The van der Waals surface area contributed by atoms with Gasteiger partial charge in [-0.2, -0.15) is 0 Å². The number of amides is 1. The van der Waals surface area contributed by atoms with Crippen LogP contribution in [0.3, 0.4) is 0 Å². The van der Waals surface area contributed by atoms with Crippen LogP contribution in [0.2, 0.25) is 0 Å². The molecule has 1 atom stereocenters. The van der Waals surface area contributed by atoms with Crippen LogP contribution in [0, 0.1) is 5.92 Å². The van der Waals surface area contributed by atoms with Gasteiger partial charge in [-0.15, -0.1) is 0 Å². The normalized spacial score (nSPS) is 11.9. The summed E-state index contributed by atoms with van der Waals surface area (Å²) in [6.07, 6.45) is 2.32. The van der Waals surface area contributed by atoms with Crippen molar-refractivity contribution in [2.45, 2.75) is 26.2 Å². The van der Waals surface area contributed by atoms with Crippen LogP contribution in [0.4, 0.5) is 0 Å². The third kappa shape index (κ3) is 5.01. The third-order valence-electron chi connectivity index (χ3n) is 3.18. The molecule has 0 saturated heterocycles. The first-order chi connectivity index (χ1) is 9.58. The van der Waals surface area contributed by atoms with Crippen LogP contribution in [0.25, 0.3) is 0 Å². The first kappa shape index (κ1) is 16.2. The molecule has 1 unspecified atom stereocenters. The average molecular weight is 278 g/mol. The molecule has 0 saturated carbocycles. The first-order valence-corrected chi connectivity index (χ1v) is 6.88. The Bertz CT molecular complexity index is 460. The predicted octanol–water partition coefficient (Wildman–Crippen LogP) is 1.42. The number of carbonyl (C=O) groups is 2. The number of hydrogen-bond donors (Lipinski definition) is 3. The van der Waals surface area contributed by atoms with E-state index < -0.39 is 5.97 Å². The lowest BCUT2D eigenvalue weighted by Gasteiger charge is -2.13. The lowest BCUT2D eigenvalue weighted by molar-refractivity contribution is -0.124. The van der Waals surface area contributed by atoms with Gasteiger partial charge in [-0.25, -0.2) is 4.79 Å². The highest BCUT2D eigenvalue weighted by molar-refractivity contribution is 5.87. The number of nitrogens with one attached hydrogen (secondary N) is 1. The van der Waals surface area contributed by atoms with Crippen LogP contribution < -0.4 is 11.1 Å². The van der Waals surface area contributed by atoms with Gasteiger partial charge in [-0.1, -0.05) is 25.5 Å². The number of carboxylic acids is 1. The van der Waals surface area contributed by atoms with E-state index in [0.29, 0.717) is 19.5 Å². The minimum absolute atomic E-state index is 0.0243. The smallest absolute Gasteiger partial charge is 0.335 e. The van der Waals surface area contributed by atoms with E-state index in [-0.39, 0.29) is 17.4 Å². The summed E-state index contributed by atoms with van der Waals surface area (Å²) in [5.41, 5.74) is 6.73. The molecule has 1 amide bonds. The maximum atomic E-state index is 11.8. The van der Waals surface area contributed by atoms with Crippen molar-refractivity contribution in [1.29, 1.82) is 0 Å². The van der Waals surface area contributed by atoms with Gasteiger partial charge in [0.05, 0.1) is 11.5 Å². The van der Waals surface area contributed by atoms with Crippen LogP contribution in [-0.4, -0.2) is 30.1 Å². The summed E-state index contributed by atoms with van der Waals surface area (Å²) >= 11 is 0. The van der Waals surface area contributed by atoms with Gasteiger partial charge < -0.3 is 16.2 Å². The van der Waals surface area contributed by atoms with Gasteiger partial charge in [-0.3, -0.25) is 4.79 Å². The molecule has 0 aliphatic heterocycles. The number of benzene rings is 1. The number of aromatic carboxylic acids is 1. The molecular formula is C15H22N2O3. The standard InChI is InChI=1S/C15H22N2O3/c1-2-4-13(10-16)14(18)17-8-7-11-5-3-6-12(9-11)15(19)20/h3,5-6,9,13H,2,4,7-8,10,16H2,1H3,(H,17,18)(H,19,20). The molecule has 5 heteroatoms. The van der Waals surface area contributed by atoms with Crippen LogP contribution >= 0.6 is 0 Å². The summed E-state index contributed by atoms with van der Waals surface area (Å²) in [6.45, 7) is 2.86.